The van der Waals surface area contributed by atoms with E-state index in [0.717, 1.165) is 38.9 Å². The van der Waals surface area contributed by atoms with Gasteiger partial charge < -0.3 is 16.0 Å². The molecule has 0 bridgehead atoms. The molecule has 3 N–H and O–H groups in total. The Morgan fingerprint density at radius 2 is 2.15 bits per heavy atom. The Kier molecular flexibility index (Phi) is 4.02. The predicted molar refractivity (Wildman–Crippen MR) is 52.5 cm³/mol. The van der Waals surface area contributed by atoms with E-state index in [1.165, 1.54) is 0 Å². The number of nitrogens with two attached hydrogens (primary N) is 1. The first-order valence-electron chi connectivity index (χ1n) is 5.01. The summed E-state index contributed by atoms with van der Waals surface area (Å²) in [5.74, 6) is 0. The molecule has 1 saturated heterocycles. The number of nitrogens with zero attached hydrogens (tertiary/aromatic N) is 1. The van der Waals surface area contributed by atoms with Crippen molar-refractivity contribution in [2.45, 2.75) is 32.2 Å². The Morgan fingerprint density at radius 1 is 1.54 bits per heavy atom. The van der Waals surface area contributed by atoms with Crippen molar-refractivity contribution < 1.29 is 4.79 Å². The number of rotatable bonds is 3. The van der Waals surface area contributed by atoms with Crippen LogP contribution in [0.2, 0.25) is 0 Å². The summed E-state index contributed by atoms with van der Waals surface area (Å²) in [7, 11) is 0. The lowest BCUT2D eigenvalue weighted by molar-refractivity contribution is 0.185. The van der Waals surface area contributed by atoms with E-state index in [1.807, 2.05) is 0 Å². The molecule has 0 saturated carbocycles. The molecule has 0 atom stereocenters. The molecule has 0 aliphatic carbocycles. The van der Waals surface area contributed by atoms with Crippen molar-refractivity contribution in [1.29, 1.82) is 0 Å². The van der Waals surface area contributed by atoms with Gasteiger partial charge in [-0.05, 0) is 25.8 Å². The average molecular weight is 185 g/mol. The minimum absolute atomic E-state index is 0.283. The number of hydrogen-bond acceptors (Lipinski definition) is 2. The van der Waals surface area contributed by atoms with E-state index in [0.29, 0.717) is 6.04 Å². The highest BCUT2D eigenvalue weighted by molar-refractivity contribution is 5.72. The second kappa shape index (κ2) is 5.07. The van der Waals surface area contributed by atoms with E-state index in [4.69, 9.17) is 5.73 Å². The third-order valence-electron chi connectivity index (χ3n) is 2.49. The highest BCUT2D eigenvalue weighted by atomic mass is 16.2. The summed E-state index contributed by atoms with van der Waals surface area (Å²) in [6.07, 6.45) is 3.22. The van der Waals surface area contributed by atoms with E-state index in [2.05, 4.69) is 12.2 Å². The van der Waals surface area contributed by atoms with Crippen molar-refractivity contribution in [1.82, 2.24) is 10.2 Å². The molecule has 1 aliphatic rings. The Hall–Kier alpha value is -0.770. The first-order valence-corrected chi connectivity index (χ1v) is 5.01. The number of piperidine rings is 1. The van der Waals surface area contributed by atoms with Crippen LogP contribution in [0.1, 0.15) is 26.2 Å². The summed E-state index contributed by atoms with van der Waals surface area (Å²) >= 11 is 0. The quantitative estimate of drug-likeness (QED) is 0.674. The van der Waals surface area contributed by atoms with Gasteiger partial charge in [-0.25, -0.2) is 4.79 Å². The first-order chi connectivity index (χ1) is 6.24. The van der Waals surface area contributed by atoms with Gasteiger partial charge in [-0.1, -0.05) is 6.92 Å². The molecular formula is C9H19N3O. The van der Waals surface area contributed by atoms with Gasteiger partial charge in [0.05, 0.1) is 0 Å². The number of amides is 2. The number of nitrogens with one attached hydrogen (secondary N) is 1. The molecule has 1 fully saturated rings. The number of urea groups is 1. The maximum atomic E-state index is 10.8. The van der Waals surface area contributed by atoms with Gasteiger partial charge >= 0.3 is 6.03 Å². The van der Waals surface area contributed by atoms with Crippen LogP contribution in [0.5, 0.6) is 0 Å². The molecule has 4 heteroatoms. The lowest BCUT2D eigenvalue weighted by Crippen LogP contribution is -2.46. The fourth-order valence-electron chi connectivity index (χ4n) is 1.65. The monoisotopic (exact) mass is 185 g/mol. The molecule has 1 rings (SSSR count). The van der Waals surface area contributed by atoms with Crippen LogP contribution in [0, 0.1) is 0 Å². The largest absolute Gasteiger partial charge is 0.351 e. The Labute approximate surface area is 79.5 Å². The number of likely N-dealkylation sites (tertiary alicyclic amines) is 1. The van der Waals surface area contributed by atoms with Crippen LogP contribution in [-0.2, 0) is 0 Å². The minimum atomic E-state index is -0.283. The van der Waals surface area contributed by atoms with Crippen molar-refractivity contribution in [3.63, 3.8) is 0 Å². The van der Waals surface area contributed by atoms with Crippen LogP contribution in [0.3, 0.4) is 0 Å². The number of carbonyl (C=O) groups is 1. The molecule has 2 amide bonds. The SMILES string of the molecule is CCCNC1CCN(C(N)=O)CC1. The topological polar surface area (TPSA) is 58.4 Å². The lowest BCUT2D eigenvalue weighted by atomic mass is 10.1. The summed E-state index contributed by atoms with van der Waals surface area (Å²) in [6, 6.07) is 0.296. The van der Waals surface area contributed by atoms with E-state index >= 15 is 0 Å². The maximum absolute atomic E-state index is 10.8. The molecule has 0 radical (unpaired) electrons. The molecule has 76 valence electrons. The normalized spacial score (nSPS) is 19.0. The Balaban J connectivity index is 2.18. The molecule has 4 nitrogen and oxygen atoms in total. The lowest BCUT2D eigenvalue weighted by Gasteiger charge is -2.31. The zero-order valence-electron chi connectivity index (χ0n) is 8.25. The number of hydrogen-bond donors (Lipinski definition) is 2. The molecule has 0 aromatic heterocycles. The van der Waals surface area contributed by atoms with Crippen LogP contribution >= 0.6 is 0 Å². The van der Waals surface area contributed by atoms with Gasteiger partial charge in [-0.3, -0.25) is 0 Å². The van der Waals surface area contributed by atoms with Crippen LogP contribution in [-0.4, -0.2) is 36.6 Å². The van der Waals surface area contributed by atoms with Gasteiger partial charge in [0, 0.05) is 19.1 Å². The van der Waals surface area contributed by atoms with Gasteiger partial charge in [0.15, 0.2) is 0 Å². The van der Waals surface area contributed by atoms with Crippen LogP contribution in [0.25, 0.3) is 0 Å². The summed E-state index contributed by atoms with van der Waals surface area (Å²) in [5.41, 5.74) is 5.18. The van der Waals surface area contributed by atoms with Crippen LogP contribution in [0.15, 0.2) is 0 Å². The molecule has 1 aliphatic heterocycles. The molecule has 0 aromatic rings. The van der Waals surface area contributed by atoms with E-state index < -0.39 is 0 Å². The van der Waals surface area contributed by atoms with E-state index in [-0.39, 0.29) is 6.03 Å². The third kappa shape index (κ3) is 3.22. The first kappa shape index (κ1) is 10.3. The Morgan fingerprint density at radius 3 is 2.62 bits per heavy atom. The van der Waals surface area contributed by atoms with Gasteiger partial charge in [0.25, 0.3) is 0 Å². The second-order valence-electron chi connectivity index (χ2n) is 3.55. The van der Waals surface area contributed by atoms with Gasteiger partial charge in [-0.15, -0.1) is 0 Å². The molecule has 13 heavy (non-hydrogen) atoms. The standard InChI is InChI=1S/C9H19N3O/c1-2-5-11-8-3-6-12(7-4-8)9(10)13/h8,11H,2-7H2,1H3,(H2,10,13). The molecule has 0 spiro atoms. The fourth-order valence-corrected chi connectivity index (χ4v) is 1.65. The highest BCUT2D eigenvalue weighted by Gasteiger charge is 2.19. The maximum Gasteiger partial charge on any atom is 0.314 e. The van der Waals surface area contributed by atoms with Crippen LogP contribution < -0.4 is 11.1 Å². The predicted octanol–water partition coefficient (Wildman–Crippen LogP) is 0.529. The minimum Gasteiger partial charge on any atom is -0.351 e. The van der Waals surface area contributed by atoms with Crippen molar-refractivity contribution in [3.8, 4) is 0 Å². The molecule has 0 unspecified atom stereocenters. The average Bonchev–Trinajstić information content (AvgIpc) is 2.15. The summed E-state index contributed by atoms with van der Waals surface area (Å²) in [6.45, 7) is 4.83. The van der Waals surface area contributed by atoms with Crippen molar-refractivity contribution >= 4 is 6.03 Å². The highest BCUT2D eigenvalue weighted by Crippen LogP contribution is 2.09. The number of carbonyl (C=O) groups excluding carboxylic acids is 1. The second-order valence-corrected chi connectivity index (χ2v) is 3.55. The van der Waals surface area contributed by atoms with Gasteiger partial charge in [0.2, 0.25) is 0 Å². The summed E-state index contributed by atoms with van der Waals surface area (Å²) in [4.78, 5) is 12.5. The van der Waals surface area contributed by atoms with Crippen molar-refractivity contribution in [2.24, 2.45) is 5.73 Å². The third-order valence-corrected chi connectivity index (χ3v) is 2.49. The Bertz CT molecular complexity index is 164. The molecule has 1 heterocycles. The van der Waals surface area contributed by atoms with E-state index in [1.54, 1.807) is 4.90 Å². The zero-order valence-corrected chi connectivity index (χ0v) is 8.25. The summed E-state index contributed by atoms with van der Waals surface area (Å²) < 4.78 is 0. The molecule has 0 aromatic carbocycles. The van der Waals surface area contributed by atoms with Gasteiger partial charge in [0.1, 0.15) is 0 Å². The smallest absolute Gasteiger partial charge is 0.314 e. The van der Waals surface area contributed by atoms with Crippen molar-refractivity contribution in [3.05, 3.63) is 0 Å². The summed E-state index contributed by atoms with van der Waals surface area (Å²) in [5, 5.41) is 3.45. The zero-order chi connectivity index (χ0) is 9.68. The van der Waals surface area contributed by atoms with Gasteiger partial charge in [-0.2, -0.15) is 0 Å². The fraction of sp³-hybridized carbons (Fsp3) is 0.889. The molecular weight excluding hydrogens is 166 g/mol. The van der Waals surface area contributed by atoms with Crippen LogP contribution in [0.4, 0.5) is 4.79 Å². The van der Waals surface area contributed by atoms with Crippen molar-refractivity contribution in [2.75, 3.05) is 19.6 Å². The number of primary amides is 1. The van der Waals surface area contributed by atoms with E-state index in [9.17, 15) is 4.79 Å².